The van der Waals surface area contributed by atoms with Crippen molar-refractivity contribution in [2.75, 3.05) is 0 Å². The number of hydrogen-bond donors (Lipinski definition) is 0. The summed E-state index contributed by atoms with van der Waals surface area (Å²) in [4.78, 5) is 67.6. The Bertz CT molecular complexity index is 6050. The zero-order chi connectivity index (χ0) is 74.4. The lowest BCUT2D eigenvalue weighted by Crippen LogP contribution is -2.06. The Balaban J connectivity index is 0.850. The Hall–Kier alpha value is -15.9. The number of rotatable bonds is 15. The quantitative estimate of drug-likeness (QED) is 0.0938. The highest BCUT2D eigenvalue weighted by Crippen LogP contribution is 2.46. The van der Waals surface area contributed by atoms with E-state index < -0.39 is 0 Å². The highest BCUT2D eigenvalue weighted by atomic mass is 15.1. The molecule has 13 aromatic carbocycles. The second kappa shape index (κ2) is 28.1. The molecule has 7 aromatic heterocycles. The standard InChI is InChI=1S/C96H58N16/c97-57-72-43-25-26-44-73(72)84-82(111-78-49-45-68(93-103-85(60-27-9-1-10-28-60)99-86(104-93)61-29-11-2-12-30-61)53-74(78)75-54-69(46-50-79(75)111)94-105-87(62-31-13-3-14-32-62)100-88(106-94)63-33-15-4-16-34-63)58-98-59-83(84)112-80-51-47-70(95-107-89(64-35-17-5-18-36-64)101-90(108-95)65-37-19-6-20-38-65)55-76(80)77-56-71(48-52-81(77)112)96-109-91(66-39-21-7-22-40-66)102-92(110-96)67-41-23-8-24-42-67/h1-56,58-59H. The van der Waals surface area contributed by atoms with Gasteiger partial charge in [0.25, 0.3) is 0 Å². The first-order valence-corrected chi connectivity index (χ1v) is 36.6. The number of fused-ring (bicyclic) bond motifs is 6. The van der Waals surface area contributed by atoms with Gasteiger partial charge in [-0.2, -0.15) is 5.26 Å². The average Bonchev–Trinajstić information content (AvgIpc) is 1.55. The molecule has 0 atom stereocenters. The lowest BCUT2D eigenvalue weighted by atomic mass is 9.97. The molecule has 0 bridgehead atoms. The van der Waals surface area contributed by atoms with Gasteiger partial charge in [-0.05, 0) is 78.9 Å². The zero-order valence-electron chi connectivity index (χ0n) is 59.6. The lowest BCUT2D eigenvalue weighted by molar-refractivity contribution is 1.07. The molecule has 20 aromatic rings. The smallest absolute Gasteiger partial charge is 0.164 e. The summed E-state index contributed by atoms with van der Waals surface area (Å²) in [5, 5.41) is 14.9. The van der Waals surface area contributed by atoms with Crippen molar-refractivity contribution in [1.82, 2.24) is 73.9 Å². The minimum absolute atomic E-state index is 0.458. The van der Waals surface area contributed by atoms with Crippen molar-refractivity contribution < 1.29 is 0 Å². The molecule has 16 heteroatoms. The fourth-order valence-corrected chi connectivity index (χ4v) is 14.7. The number of nitrogens with zero attached hydrogens (tertiary/aromatic N) is 16. The zero-order valence-corrected chi connectivity index (χ0v) is 59.6. The second-order valence-corrected chi connectivity index (χ2v) is 27.0. The van der Waals surface area contributed by atoms with E-state index in [1.807, 2.05) is 279 Å². The second-order valence-electron chi connectivity index (χ2n) is 27.0. The van der Waals surface area contributed by atoms with E-state index in [1.54, 1.807) is 0 Å². The maximum absolute atomic E-state index is 11.5. The van der Waals surface area contributed by atoms with Crippen LogP contribution in [0.4, 0.5) is 0 Å². The summed E-state index contributed by atoms with van der Waals surface area (Å²) in [6, 6.07) is 116. The topological polar surface area (TPSA) is 201 Å². The van der Waals surface area contributed by atoms with Gasteiger partial charge in [0, 0.05) is 99.4 Å². The number of hydrogen-bond acceptors (Lipinski definition) is 14. The molecule has 0 aliphatic carbocycles. The summed E-state index contributed by atoms with van der Waals surface area (Å²) in [5.74, 6) is 6.24. The molecule has 20 rings (SSSR count). The van der Waals surface area contributed by atoms with Crippen LogP contribution in [0.3, 0.4) is 0 Å². The minimum Gasteiger partial charge on any atom is -0.307 e. The molecular weight excluding hydrogens is 1380 g/mol. The van der Waals surface area contributed by atoms with Crippen LogP contribution in [0, 0.1) is 11.3 Å². The summed E-state index contributed by atoms with van der Waals surface area (Å²) >= 11 is 0. The maximum Gasteiger partial charge on any atom is 0.164 e. The Labute approximate surface area is 641 Å². The van der Waals surface area contributed by atoms with Crippen molar-refractivity contribution >= 4 is 43.6 Å². The van der Waals surface area contributed by atoms with E-state index >= 15 is 0 Å². The van der Waals surface area contributed by atoms with Crippen LogP contribution in [-0.2, 0) is 0 Å². The Kier molecular flexibility index (Phi) is 16.5. The molecule has 522 valence electrons. The summed E-state index contributed by atoms with van der Waals surface area (Å²) in [5.41, 5.74) is 16.4. The molecule has 0 unspecified atom stereocenters. The van der Waals surface area contributed by atoms with Crippen LogP contribution in [0.15, 0.2) is 352 Å². The molecule has 0 aliphatic rings. The number of pyridine rings is 1. The van der Waals surface area contributed by atoms with Gasteiger partial charge < -0.3 is 9.13 Å². The monoisotopic (exact) mass is 1430 g/mol. The summed E-state index contributed by atoms with van der Waals surface area (Å²) in [6.45, 7) is 0. The van der Waals surface area contributed by atoms with E-state index in [4.69, 9.17) is 64.8 Å². The van der Waals surface area contributed by atoms with Crippen molar-refractivity contribution in [1.29, 1.82) is 5.26 Å². The van der Waals surface area contributed by atoms with Crippen LogP contribution in [0.25, 0.3) is 203 Å². The van der Waals surface area contributed by atoms with E-state index in [1.165, 1.54) is 0 Å². The van der Waals surface area contributed by atoms with Crippen molar-refractivity contribution in [3.63, 3.8) is 0 Å². The SMILES string of the molecule is N#Cc1ccccc1-c1c(-n2c3ccc(-c4nc(-c5ccccc5)nc(-c5ccccc5)n4)cc3c3cc(-c4nc(-c5ccccc5)nc(-c5ccccc5)n4)ccc32)cncc1-n1c2ccc(-c3nc(-c4ccccc4)nc(-c4ccccc4)n3)cc2c2cc(-c3nc(-c4ccccc4)nc(-c4ccccc4)n3)ccc21. The van der Waals surface area contributed by atoms with E-state index in [9.17, 15) is 5.26 Å². The normalized spacial score (nSPS) is 11.4. The Morgan fingerprint density at radius 3 is 0.616 bits per heavy atom. The van der Waals surface area contributed by atoms with Gasteiger partial charge >= 0.3 is 0 Å². The third kappa shape index (κ3) is 12.2. The Morgan fingerprint density at radius 1 is 0.205 bits per heavy atom. The van der Waals surface area contributed by atoms with E-state index in [0.717, 1.165) is 116 Å². The van der Waals surface area contributed by atoms with E-state index in [2.05, 4.69) is 88.0 Å². The lowest BCUT2D eigenvalue weighted by Gasteiger charge is -2.20. The van der Waals surface area contributed by atoms with Crippen molar-refractivity contribution in [3.05, 3.63) is 358 Å². The van der Waals surface area contributed by atoms with Gasteiger partial charge in [-0.25, -0.2) is 59.8 Å². The Morgan fingerprint density at radius 2 is 0.402 bits per heavy atom. The molecule has 0 radical (unpaired) electrons. The van der Waals surface area contributed by atoms with Gasteiger partial charge in [-0.15, -0.1) is 0 Å². The first-order valence-electron chi connectivity index (χ1n) is 36.6. The van der Waals surface area contributed by atoms with Crippen LogP contribution in [0.1, 0.15) is 5.56 Å². The molecule has 16 nitrogen and oxygen atoms in total. The van der Waals surface area contributed by atoms with E-state index in [-0.39, 0.29) is 0 Å². The van der Waals surface area contributed by atoms with Crippen molar-refractivity contribution in [2.45, 2.75) is 0 Å². The van der Waals surface area contributed by atoms with Crippen LogP contribution >= 0.6 is 0 Å². The van der Waals surface area contributed by atoms with Gasteiger partial charge in [-0.1, -0.05) is 261 Å². The van der Waals surface area contributed by atoms with Gasteiger partial charge in [0.15, 0.2) is 69.9 Å². The fraction of sp³-hybridized carbons (Fsp3) is 0. The van der Waals surface area contributed by atoms with Gasteiger partial charge in [0.05, 0.1) is 57.5 Å². The molecule has 0 N–H and O–H groups in total. The van der Waals surface area contributed by atoms with Gasteiger partial charge in [0.2, 0.25) is 0 Å². The molecule has 0 fully saturated rings. The van der Waals surface area contributed by atoms with Crippen LogP contribution in [-0.4, -0.2) is 73.9 Å². The molecule has 7 heterocycles. The van der Waals surface area contributed by atoms with Crippen LogP contribution in [0.2, 0.25) is 0 Å². The predicted octanol–water partition coefficient (Wildman–Crippen LogP) is 21.6. The number of benzene rings is 13. The first kappa shape index (κ1) is 65.6. The molecule has 0 saturated heterocycles. The molecule has 0 saturated carbocycles. The predicted molar refractivity (Wildman–Crippen MR) is 442 cm³/mol. The summed E-state index contributed by atoms with van der Waals surface area (Å²) in [6.07, 6.45) is 3.80. The average molecular weight is 1440 g/mol. The van der Waals surface area contributed by atoms with Crippen LogP contribution < -0.4 is 0 Å². The molecule has 0 aliphatic heterocycles. The maximum atomic E-state index is 11.5. The highest BCUT2D eigenvalue weighted by molar-refractivity contribution is 6.14. The molecule has 112 heavy (non-hydrogen) atoms. The van der Waals surface area contributed by atoms with Gasteiger partial charge in [0.1, 0.15) is 0 Å². The summed E-state index contributed by atoms with van der Waals surface area (Å²) < 4.78 is 4.51. The van der Waals surface area contributed by atoms with E-state index in [0.29, 0.717) is 92.4 Å². The molecular formula is C96H58N16. The minimum atomic E-state index is 0.458. The highest BCUT2D eigenvalue weighted by Gasteiger charge is 2.28. The van der Waals surface area contributed by atoms with Gasteiger partial charge in [-0.3, -0.25) is 4.98 Å². The van der Waals surface area contributed by atoms with Crippen molar-refractivity contribution in [3.8, 4) is 165 Å². The molecule has 0 spiro atoms. The van der Waals surface area contributed by atoms with Crippen molar-refractivity contribution in [2.24, 2.45) is 0 Å². The number of nitriles is 1. The largest absolute Gasteiger partial charge is 0.307 e. The fourth-order valence-electron chi connectivity index (χ4n) is 14.7. The van der Waals surface area contributed by atoms with Crippen LogP contribution in [0.5, 0.6) is 0 Å². The number of aromatic nitrogens is 15. The third-order valence-electron chi connectivity index (χ3n) is 20.1. The molecule has 0 amide bonds. The summed E-state index contributed by atoms with van der Waals surface area (Å²) in [7, 11) is 0. The third-order valence-corrected chi connectivity index (χ3v) is 20.1. The first-order chi connectivity index (χ1) is 55.4.